The molecule has 0 radical (unpaired) electrons. The molecule has 5 atom stereocenters. The Bertz CT molecular complexity index is 1240. The fourth-order valence-corrected chi connectivity index (χ4v) is 5.59. The van der Waals surface area contributed by atoms with Gasteiger partial charge in [-0.1, -0.05) is 25.4 Å². The van der Waals surface area contributed by atoms with Crippen LogP contribution in [-0.4, -0.2) is 49.8 Å². The fraction of sp³-hybridized carbons (Fsp3) is 0.520. The Morgan fingerprint density at radius 2 is 2.08 bits per heavy atom. The number of halogens is 1. The number of aromatic nitrogens is 4. The van der Waals surface area contributed by atoms with Gasteiger partial charge in [0.15, 0.2) is 5.65 Å². The molecule has 1 aliphatic rings. The Morgan fingerprint density at radius 3 is 2.76 bits per heavy atom. The van der Waals surface area contributed by atoms with Gasteiger partial charge < -0.3 is 24.3 Å². The van der Waals surface area contributed by atoms with Crippen LogP contribution in [0.4, 0.5) is 5.95 Å². The number of anilines is 1. The number of rotatable bonds is 11. The molecule has 0 saturated carbocycles. The Morgan fingerprint density at radius 1 is 1.34 bits per heavy atom. The molecule has 5 unspecified atom stereocenters. The first-order chi connectivity index (χ1) is 18.1. The zero-order chi connectivity index (χ0) is 27.4. The lowest BCUT2D eigenvalue weighted by molar-refractivity contribution is -0.154. The summed E-state index contributed by atoms with van der Waals surface area (Å²) in [5.74, 6) is 0.528. The molecule has 1 saturated heterocycles. The van der Waals surface area contributed by atoms with Crippen molar-refractivity contribution in [1.29, 1.82) is 0 Å². The summed E-state index contributed by atoms with van der Waals surface area (Å²) in [6.45, 7) is 9.66. The van der Waals surface area contributed by atoms with Crippen molar-refractivity contribution in [1.82, 2.24) is 24.6 Å². The van der Waals surface area contributed by atoms with Gasteiger partial charge in [-0.25, -0.2) is 15.1 Å². The molecule has 13 heteroatoms. The minimum atomic E-state index is -1.75. The quantitative estimate of drug-likeness (QED) is 0.241. The van der Waals surface area contributed by atoms with Gasteiger partial charge in [0.1, 0.15) is 23.0 Å². The van der Waals surface area contributed by atoms with Crippen LogP contribution in [0.1, 0.15) is 53.7 Å². The zero-order valence-electron chi connectivity index (χ0n) is 22.1. The van der Waals surface area contributed by atoms with Gasteiger partial charge in [-0.15, -0.1) is 0 Å². The molecule has 206 valence electrons. The summed E-state index contributed by atoms with van der Waals surface area (Å²) in [7, 11) is -1.75. The standard InChI is InChI=1S/C25H34ClN6O5P/c1-6-25(5,23(33)35-15(2)3)31-38(37-18-9-7-17(26)8-10-18)34-13-19-11-16(4)22(36-19)32-14-29-20-12-28-24(27)30-21(20)32/h7-10,12,14-16,19,22,31H,6,11,13H2,1-5H3,(H2,27,28,30). The van der Waals surface area contributed by atoms with Gasteiger partial charge >= 0.3 is 14.5 Å². The maximum Gasteiger partial charge on any atom is 0.326 e. The number of nitrogens with two attached hydrogens (primary N) is 1. The highest BCUT2D eigenvalue weighted by molar-refractivity contribution is 7.45. The van der Waals surface area contributed by atoms with Crippen LogP contribution in [0.2, 0.25) is 5.02 Å². The largest absolute Gasteiger partial charge is 0.462 e. The number of benzene rings is 1. The van der Waals surface area contributed by atoms with Crippen LogP contribution in [0.5, 0.6) is 5.75 Å². The normalized spacial score (nSPS) is 21.9. The van der Waals surface area contributed by atoms with Crippen molar-refractivity contribution in [3.05, 3.63) is 41.8 Å². The summed E-state index contributed by atoms with van der Waals surface area (Å²) >= 11 is 6.03. The van der Waals surface area contributed by atoms with Crippen LogP contribution in [0.3, 0.4) is 0 Å². The minimum absolute atomic E-state index is 0.162. The van der Waals surface area contributed by atoms with E-state index in [1.54, 1.807) is 43.7 Å². The van der Waals surface area contributed by atoms with E-state index in [1.807, 2.05) is 25.3 Å². The Kier molecular flexibility index (Phi) is 9.05. The van der Waals surface area contributed by atoms with Gasteiger partial charge in [0.05, 0.1) is 31.3 Å². The van der Waals surface area contributed by atoms with Crippen molar-refractivity contribution in [2.24, 2.45) is 5.92 Å². The molecule has 1 fully saturated rings. The molecule has 3 aromatic rings. The molecule has 0 aliphatic carbocycles. The smallest absolute Gasteiger partial charge is 0.326 e. The number of carbonyl (C=O) groups is 1. The van der Waals surface area contributed by atoms with Gasteiger partial charge in [-0.05, 0) is 57.9 Å². The molecule has 1 aliphatic heterocycles. The number of imidazole rings is 1. The minimum Gasteiger partial charge on any atom is -0.462 e. The SMILES string of the molecule is CCC(C)(NP(OCC1CC(C)C(n2cnc3cnc(N)nc32)O1)Oc1ccc(Cl)cc1)C(=O)OC(C)C. The van der Waals surface area contributed by atoms with E-state index in [4.69, 9.17) is 35.9 Å². The van der Waals surface area contributed by atoms with Crippen LogP contribution in [0.25, 0.3) is 11.2 Å². The third kappa shape index (κ3) is 6.71. The fourth-order valence-electron chi connectivity index (χ4n) is 4.03. The maximum absolute atomic E-state index is 12.9. The number of fused-ring (bicyclic) bond motifs is 1. The van der Waals surface area contributed by atoms with Gasteiger partial charge in [-0.3, -0.25) is 9.36 Å². The van der Waals surface area contributed by atoms with E-state index in [0.717, 1.165) is 6.42 Å². The number of nitrogens with one attached hydrogen (secondary N) is 1. The molecule has 0 spiro atoms. The second-order valence-corrected chi connectivity index (χ2v) is 11.4. The Labute approximate surface area is 228 Å². The van der Waals surface area contributed by atoms with Crippen LogP contribution < -0.4 is 15.3 Å². The lowest BCUT2D eigenvalue weighted by Crippen LogP contribution is -2.49. The first-order valence-corrected chi connectivity index (χ1v) is 14.1. The third-order valence-electron chi connectivity index (χ3n) is 6.28. The first-order valence-electron chi connectivity index (χ1n) is 12.5. The Balaban J connectivity index is 1.47. The summed E-state index contributed by atoms with van der Waals surface area (Å²) in [5.41, 5.74) is 6.04. The van der Waals surface area contributed by atoms with Crippen molar-refractivity contribution in [3.8, 4) is 5.75 Å². The summed E-state index contributed by atoms with van der Waals surface area (Å²) in [6.07, 6.45) is 3.75. The molecule has 2 aromatic heterocycles. The van der Waals surface area contributed by atoms with E-state index in [1.165, 1.54) is 0 Å². The third-order valence-corrected chi connectivity index (χ3v) is 7.97. The van der Waals surface area contributed by atoms with E-state index < -0.39 is 14.1 Å². The lowest BCUT2D eigenvalue weighted by atomic mass is 10.0. The highest BCUT2D eigenvalue weighted by Crippen LogP contribution is 2.42. The molecule has 0 amide bonds. The molecule has 0 bridgehead atoms. The van der Waals surface area contributed by atoms with Crippen molar-refractivity contribution in [2.45, 2.75) is 71.4 Å². The van der Waals surface area contributed by atoms with Crippen LogP contribution in [0, 0.1) is 5.92 Å². The van der Waals surface area contributed by atoms with Crippen molar-refractivity contribution in [2.75, 3.05) is 12.3 Å². The number of hydrogen-bond acceptors (Lipinski definition) is 10. The zero-order valence-corrected chi connectivity index (χ0v) is 23.8. The first kappa shape index (κ1) is 28.4. The number of carbonyl (C=O) groups excluding carboxylic acids is 1. The molecule has 11 nitrogen and oxygen atoms in total. The molecule has 3 N–H and O–H groups in total. The van der Waals surface area contributed by atoms with E-state index in [-0.39, 0.29) is 42.9 Å². The van der Waals surface area contributed by atoms with Gasteiger partial charge in [0.2, 0.25) is 5.95 Å². The molecular formula is C25H34ClN6O5P. The topological polar surface area (TPSA) is 136 Å². The Hall–Kier alpha value is -2.56. The molecular weight excluding hydrogens is 531 g/mol. The second kappa shape index (κ2) is 12.1. The van der Waals surface area contributed by atoms with Crippen LogP contribution in [0.15, 0.2) is 36.8 Å². The van der Waals surface area contributed by atoms with E-state index in [2.05, 4.69) is 27.0 Å². The number of nitrogens with zero attached hydrogens (tertiary/aromatic N) is 4. The maximum atomic E-state index is 12.9. The van der Waals surface area contributed by atoms with Gasteiger partial charge in [0, 0.05) is 10.9 Å². The predicted octanol–water partition coefficient (Wildman–Crippen LogP) is 5.02. The van der Waals surface area contributed by atoms with Crippen molar-refractivity contribution >= 4 is 43.2 Å². The van der Waals surface area contributed by atoms with Crippen LogP contribution >= 0.6 is 20.1 Å². The summed E-state index contributed by atoms with van der Waals surface area (Å²) in [5, 5.41) is 3.85. The number of nitrogen functional groups attached to an aromatic ring is 1. The van der Waals surface area contributed by atoms with E-state index >= 15 is 0 Å². The summed E-state index contributed by atoms with van der Waals surface area (Å²) in [4.78, 5) is 25.6. The number of ether oxygens (including phenoxy) is 2. The number of hydrogen-bond donors (Lipinski definition) is 2. The molecule has 3 heterocycles. The average Bonchev–Trinajstić information content (AvgIpc) is 3.45. The predicted molar refractivity (Wildman–Crippen MR) is 145 cm³/mol. The van der Waals surface area contributed by atoms with E-state index in [9.17, 15) is 4.79 Å². The highest BCUT2D eigenvalue weighted by atomic mass is 35.5. The summed E-state index contributed by atoms with van der Waals surface area (Å²) in [6, 6.07) is 6.96. The average molecular weight is 565 g/mol. The number of esters is 1. The van der Waals surface area contributed by atoms with Crippen LogP contribution in [-0.2, 0) is 18.8 Å². The van der Waals surface area contributed by atoms with Crippen molar-refractivity contribution < 1.29 is 23.3 Å². The monoisotopic (exact) mass is 564 g/mol. The summed E-state index contributed by atoms with van der Waals surface area (Å²) < 4.78 is 26.1. The van der Waals surface area contributed by atoms with Gasteiger partial charge in [0.25, 0.3) is 0 Å². The van der Waals surface area contributed by atoms with Gasteiger partial charge in [-0.2, -0.15) is 4.98 Å². The highest BCUT2D eigenvalue weighted by Gasteiger charge is 2.39. The molecule has 38 heavy (non-hydrogen) atoms. The second-order valence-electron chi connectivity index (χ2n) is 9.80. The molecule has 4 rings (SSSR count). The molecule has 1 aromatic carbocycles. The van der Waals surface area contributed by atoms with E-state index in [0.29, 0.717) is 28.4 Å². The lowest BCUT2D eigenvalue weighted by Gasteiger charge is -2.32. The van der Waals surface area contributed by atoms with Crippen molar-refractivity contribution in [3.63, 3.8) is 0 Å².